The van der Waals surface area contributed by atoms with Crippen molar-refractivity contribution in [2.24, 2.45) is 5.92 Å². The van der Waals surface area contributed by atoms with Crippen molar-refractivity contribution in [1.82, 2.24) is 5.32 Å². The molecule has 1 aromatic carbocycles. The quantitative estimate of drug-likeness (QED) is 0.898. The average molecular weight is 314 g/mol. The van der Waals surface area contributed by atoms with Gasteiger partial charge in [-0.1, -0.05) is 29.3 Å². The molecule has 0 unspecified atom stereocenters. The number of carboxylic acid groups (broad SMARTS) is 1. The second-order valence-corrected chi connectivity index (χ2v) is 6.33. The normalized spacial score (nSPS) is 25.9. The zero-order chi connectivity index (χ0) is 14.5. The van der Waals surface area contributed by atoms with E-state index in [1.807, 2.05) is 6.07 Å². The summed E-state index contributed by atoms with van der Waals surface area (Å²) in [6.07, 6.45) is 1.71. The highest BCUT2D eigenvalue weighted by Gasteiger charge is 2.55. The topological polar surface area (TPSA) is 66.4 Å². The summed E-state index contributed by atoms with van der Waals surface area (Å²) in [5.74, 6) is -1.27. The molecular formula is C14H13Cl2NO3. The number of rotatable bonds is 4. The molecule has 1 aromatic rings. The first kappa shape index (κ1) is 13.7. The van der Waals surface area contributed by atoms with Crippen molar-refractivity contribution in [3.05, 3.63) is 33.8 Å². The van der Waals surface area contributed by atoms with Crippen molar-refractivity contribution >= 4 is 35.1 Å². The zero-order valence-corrected chi connectivity index (χ0v) is 12.0. The first-order valence-corrected chi connectivity index (χ1v) is 7.19. The molecule has 0 saturated heterocycles. The lowest BCUT2D eigenvalue weighted by molar-refractivity contribution is -0.143. The van der Waals surface area contributed by atoms with Gasteiger partial charge in [-0.15, -0.1) is 0 Å². The molecule has 2 aliphatic carbocycles. The number of hydrogen-bond acceptors (Lipinski definition) is 2. The van der Waals surface area contributed by atoms with Crippen molar-refractivity contribution in [3.8, 4) is 0 Å². The summed E-state index contributed by atoms with van der Waals surface area (Å²) in [6.45, 7) is 0. The molecule has 2 atom stereocenters. The van der Waals surface area contributed by atoms with Crippen molar-refractivity contribution in [2.45, 2.75) is 30.7 Å². The molecule has 2 saturated carbocycles. The fourth-order valence-electron chi connectivity index (χ4n) is 2.48. The molecule has 2 fully saturated rings. The van der Waals surface area contributed by atoms with E-state index in [0.717, 1.165) is 5.56 Å². The van der Waals surface area contributed by atoms with E-state index in [2.05, 4.69) is 5.32 Å². The predicted octanol–water partition coefficient (Wildman–Crippen LogP) is 2.83. The van der Waals surface area contributed by atoms with Gasteiger partial charge in [0.2, 0.25) is 5.91 Å². The molecule has 0 heterocycles. The minimum Gasteiger partial charge on any atom is -0.480 e. The van der Waals surface area contributed by atoms with Gasteiger partial charge in [0.25, 0.3) is 0 Å². The predicted molar refractivity (Wildman–Crippen MR) is 75.1 cm³/mol. The van der Waals surface area contributed by atoms with Gasteiger partial charge in [-0.3, -0.25) is 4.79 Å². The van der Waals surface area contributed by atoms with Crippen LogP contribution in [0.25, 0.3) is 0 Å². The third kappa shape index (κ3) is 2.38. The van der Waals surface area contributed by atoms with Gasteiger partial charge in [0, 0.05) is 16.0 Å². The second-order valence-electron chi connectivity index (χ2n) is 5.49. The number of nitrogens with one attached hydrogen (secondary N) is 1. The summed E-state index contributed by atoms with van der Waals surface area (Å²) >= 11 is 12.0. The highest BCUT2D eigenvalue weighted by molar-refractivity contribution is 6.35. The van der Waals surface area contributed by atoms with Crippen molar-refractivity contribution in [1.29, 1.82) is 0 Å². The molecule has 0 bridgehead atoms. The van der Waals surface area contributed by atoms with Gasteiger partial charge in [0.1, 0.15) is 5.54 Å². The molecule has 0 radical (unpaired) electrons. The molecular weight excluding hydrogens is 301 g/mol. The van der Waals surface area contributed by atoms with E-state index in [1.165, 1.54) is 0 Å². The Morgan fingerprint density at radius 1 is 1.30 bits per heavy atom. The lowest BCUT2D eigenvalue weighted by Crippen LogP contribution is -2.43. The van der Waals surface area contributed by atoms with Gasteiger partial charge in [-0.2, -0.15) is 0 Å². The molecule has 20 heavy (non-hydrogen) atoms. The first-order valence-electron chi connectivity index (χ1n) is 6.43. The number of aliphatic carboxylic acids is 1. The monoisotopic (exact) mass is 313 g/mol. The van der Waals surface area contributed by atoms with Crippen LogP contribution in [0.5, 0.6) is 0 Å². The largest absolute Gasteiger partial charge is 0.480 e. The fourth-order valence-corrected chi connectivity index (χ4v) is 3.03. The number of carbonyl (C=O) groups is 2. The minimum absolute atomic E-state index is 0.0596. The number of halogens is 2. The number of carboxylic acids is 1. The van der Waals surface area contributed by atoms with Crippen LogP contribution < -0.4 is 5.32 Å². The molecule has 1 amide bonds. The van der Waals surface area contributed by atoms with E-state index in [-0.39, 0.29) is 17.7 Å². The Morgan fingerprint density at radius 3 is 2.55 bits per heavy atom. The van der Waals surface area contributed by atoms with Crippen molar-refractivity contribution in [2.75, 3.05) is 0 Å². The molecule has 2 aliphatic rings. The van der Waals surface area contributed by atoms with Crippen LogP contribution in [0.1, 0.15) is 30.7 Å². The van der Waals surface area contributed by atoms with E-state index in [4.69, 9.17) is 28.3 Å². The summed E-state index contributed by atoms with van der Waals surface area (Å²) in [5.41, 5.74) is -0.120. The molecule has 6 heteroatoms. The van der Waals surface area contributed by atoms with E-state index in [9.17, 15) is 9.59 Å². The lowest BCUT2D eigenvalue weighted by atomic mass is 10.1. The van der Waals surface area contributed by atoms with Gasteiger partial charge in [-0.25, -0.2) is 4.79 Å². The molecule has 0 aliphatic heterocycles. The molecule has 3 rings (SSSR count). The highest BCUT2D eigenvalue weighted by atomic mass is 35.5. The third-order valence-corrected chi connectivity index (χ3v) is 4.57. The Labute approximate surface area is 126 Å². The number of amides is 1. The first-order chi connectivity index (χ1) is 9.43. The van der Waals surface area contributed by atoms with Gasteiger partial charge < -0.3 is 10.4 Å². The number of benzene rings is 1. The number of hydrogen-bond donors (Lipinski definition) is 2. The van der Waals surface area contributed by atoms with Gasteiger partial charge in [-0.05, 0) is 42.9 Å². The summed E-state index contributed by atoms with van der Waals surface area (Å²) in [5, 5.41) is 12.8. The van der Waals surface area contributed by atoms with Crippen LogP contribution in [0.4, 0.5) is 0 Å². The smallest absolute Gasteiger partial charge is 0.329 e. The molecule has 0 aromatic heterocycles. The maximum Gasteiger partial charge on any atom is 0.329 e. The van der Waals surface area contributed by atoms with Crippen molar-refractivity contribution < 1.29 is 14.7 Å². The molecule has 2 N–H and O–H groups in total. The van der Waals surface area contributed by atoms with Gasteiger partial charge in [0.15, 0.2) is 0 Å². The Balaban J connectivity index is 1.67. The molecule has 4 nitrogen and oxygen atoms in total. The average Bonchev–Trinajstić information content (AvgIpc) is 3.22. The minimum atomic E-state index is -1.02. The van der Waals surface area contributed by atoms with Crippen LogP contribution in [0.2, 0.25) is 10.0 Å². The van der Waals surface area contributed by atoms with Gasteiger partial charge >= 0.3 is 5.97 Å². The fraction of sp³-hybridized carbons (Fsp3) is 0.429. The Hall–Kier alpha value is -1.26. The summed E-state index contributed by atoms with van der Waals surface area (Å²) < 4.78 is 0. The molecule has 106 valence electrons. The van der Waals surface area contributed by atoms with E-state index < -0.39 is 11.5 Å². The van der Waals surface area contributed by atoms with Gasteiger partial charge in [0.05, 0.1) is 0 Å². The maximum atomic E-state index is 12.1. The van der Waals surface area contributed by atoms with E-state index >= 15 is 0 Å². The van der Waals surface area contributed by atoms with Crippen LogP contribution in [0, 0.1) is 5.92 Å². The highest BCUT2D eigenvalue weighted by Crippen LogP contribution is 2.50. The third-order valence-electron chi connectivity index (χ3n) is 4.01. The van der Waals surface area contributed by atoms with Crippen LogP contribution in [0.3, 0.4) is 0 Å². The SMILES string of the molecule is O=C(NC1(C(=O)O)CC1)[C@@H]1C[C@@H]1c1ccc(Cl)cc1Cl. The number of carbonyl (C=O) groups excluding carboxylic acids is 1. The van der Waals surface area contributed by atoms with Crippen LogP contribution in [0.15, 0.2) is 18.2 Å². The van der Waals surface area contributed by atoms with E-state index in [1.54, 1.807) is 12.1 Å². The lowest BCUT2D eigenvalue weighted by Gasteiger charge is -2.12. The summed E-state index contributed by atoms with van der Waals surface area (Å²) in [6, 6.07) is 5.23. The standard InChI is InChI=1S/C14H13Cl2NO3/c15-7-1-2-8(11(16)5-7)9-6-10(9)12(18)17-14(3-4-14)13(19)20/h1-2,5,9-10H,3-4,6H2,(H,17,18)(H,19,20)/t9-,10-/m1/s1. The Kier molecular flexibility index (Phi) is 3.18. The van der Waals surface area contributed by atoms with Crippen LogP contribution in [-0.2, 0) is 9.59 Å². The Morgan fingerprint density at radius 2 is 2.00 bits per heavy atom. The van der Waals surface area contributed by atoms with Crippen LogP contribution in [-0.4, -0.2) is 22.5 Å². The second kappa shape index (κ2) is 4.64. The zero-order valence-electron chi connectivity index (χ0n) is 10.5. The summed E-state index contributed by atoms with van der Waals surface area (Å²) in [7, 11) is 0. The van der Waals surface area contributed by atoms with Crippen LogP contribution >= 0.6 is 23.2 Å². The van der Waals surface area contributed by atoms with Crippen molar-refractivity contribution in [3.63, 3.8) is 0 Å². The summed E-state index contributed by atoms with van der Waals surface area (Å²) in [4.78, 5) is 23.1. The van der Waals surface area contributed by atoms with E-state index in [0.29, 0.717) is 29.3 Å². The molecule has 0 spiro atoms. The Bertz CT molecular complexity index is 598. The maximum absolute atomic E-state index is 12.1.